The Bertz CT molecular complexity index is 1470. The molecule has 3 aromatic heterocycles. The number of fused-ring (bicyclic) bond motifs is 1. The largest absolute Gasteiger partial charge is 0.433 e. The lowest BCUT2D eigenvalue weighted by molar-refractivity contribution is -0.141. The number of benzene rings is 1. The quantitative estimate of drug-likeness (QED) is 0.430. The van der Waals surface area contributed by atoms with E-state index < -0.39 is 52.2 Å². The number of halogens is 6. The molecule has 14 heteroatoms. The van der Waals surface area contributed by atoms with Crippen molar-refractivity contribution in [2.24, 2.45) is 7.05 Å². The number of nitrogens with one attached hydrogen (secondary N) is 2. The van der Waals surface area contributed by atoms with E-state index in [1.165, 1.54) is 18.2 Å². The Hall–Kier alpha value is -4.23. The Morgan fingerprint density at radius 3 is 2.47 bits per heavy atom. The van der Waals surface area contributed by atoms with Crippen LogP contribution >= 0.6 is 0 Å². The highest BCUT2D eigenvalue weighted by Gasteiger charge is 2.42. The second-order valence-corrected chi connectivity index (χ2v) is 7.04. The molecule has 0 unspecified atom stereocenters. The number of H-pyrrole nitrogens is 1. The summed E-state index contributed by atoms with van der Waals surface area (Å²) in [4.78, 5) is 27.9. The molecular weight excluding hydrogens is 470 g/mol. The maximum absolute atomic E-state index is 14.1. The van der Waals surface area contributed by atoms with Crippen molar-refractivity contribution in [1.82, 2.24) is 25.0 Å². The minimum atomic E-state index is -5.08. The summed E-state index contributed by atoms with van der Waals surface area (Å²) in [5, 5.41) is 11.8. The molecule has 0 aliphatic rings. The molecule has 0 bridgehead atoms. The van der Waals surface area contributed by atoms with E-state index in [9.17, 15) is 35.9 Å². The van der Waals surface area contributed by atoms with E-state index in [-0.39, 0.29) is 16.3 Å². The van der Waals surface area contributed by atoms with Crippen LogP contribution in [0.5, 0.6) is 0 Å². The van der Waals surface area contributed by atoms with E-state index in [0.717, 1.165) is 25.5 Å². The van der Waals surface area contributed by atoms with Crippen LogP contribution < -0.4 is 10.9 Å². The van der Waals surface area contributed by atoms with E-state index in [2.05, 4.69) is 20.3 Å². The molecule has 4 rings (SSSR count). The number of alkyl halides is 6. The normalized spacial score (nSPS) is 12.2. The van der Waals surface area contributed by atoms with Gasteiger partial charge in [-0.25, -0.2) is 5.10 Å². The van der Waals surface area contributed by atoms with Crippen molar-refractivity contribution in [3.05, 3.63) is 70.0 Å². The predicted octanol–water partition coefficient (Wildman–Crippen LogP) is 4.01. The van der Waals surface area contributed by atoms with Gasteiger partial charge in [-0.1, -0.05) is 12.1 Å². The smallest absolute Gasteiger partial charge is 0.321 e. The molecule has 0 fully saturated rings. The molecule has 0 radical (unpaired) electrons. The Morgan fingerprint density at radius 2 is 1.79 bits per heavy atom. The number of carbonyl (C=O) groups is 1. The fourth-order valence-electron chi connectivity index (χ4n) is 3.42. The SMILES string of the molecule is Cn1nc(-c2cccc3c(=O)[nH]ncc23)c(C(F)(F)F)c1C(=O)Nc1ccnc(C(F)(F)F)c1. The summed E-state index contributed by atoms with van der Waals surface area (Å²) < 4.78 is 81.7. The highest BCUT2D eigenvalue weighted by molar-refractivity contribution is 6.06. The summed E-state index contributed by atoms with van der Waals surface area (Å²) in [5.41, 5.74) is -5.51. The van der Waals surface area contributed by atoms with Crippen molar-refractivity contribution in [2.75, 3.05) is 5.32 Å². The molecule has 0 saturated carbocycles. The van der Waals surface area contributed by atoms with Crippen LogP contribution in [0.2, 0.25) is 0 Å². The van der Waals surface area contributed by atoms with E-state index in [1.54, 1.807) is 0 Å². The van der Waals surface area contributed by atoms with Gasteiger partial charge in [0.25, 0.3) is 11.5 Å². The van der Waals surface area contributed by atoms with Crippen LogP contribution in [0.3, 0.4) is 0 Å². The first-order chi connectivity index (χ1) is 15.9. The minimum absolute atomic E-state index is 0.0498. The van der Waals surface area contributed by atoms with Crippen molar-refractivity contribution >= 4 is 22.4 Å². The van der Waals surface area contributed by atoms with Crippen LogP contribution in [0.25, 0.3) is 22.0 Å². The number of anilines is 1. The molecule has 1 aromatic carbocycles. The van der Waals surface area contributed by atoms with Crippen molar-refractivity contribution in [3.63, 3.8) is 0 Å². The predicted molar refractivity (Wildman–Crippen MR) is 107 cm³/mol. The zero-order valence-electron chi connectivity index (χ0n) is 16.9. The highest BCUT2D eigenvalue weighted by Crippen LogP contribution is 2.41. The number of carbonyl (C=O) groups excluding carboxylic acids is 1. The van der Waals surface area contributed by atoms with E-state index in [0.29, 0.717) is 10.7 Å². The van der Waals surface area contributed by atoms with Crippen LogP contribution in [0, 0.1) is 0 Å². The third-order valence-corrected chi connectivity index (χ3v) is 4.82. The minimum Gasteiger partial charge on any atom is -0.321 e. The first-order valence-electron chi connectivity index (χ1n) is 9.33. The number of pyridine rings is 1. The summed E-state index contributed by atoms with van der Waals surface area (Å²) >= 11 is 0. The Labute approximate surface area is 185 Å². The molecule has 0 spiro atoms. The maximum atomic E-state index is 14.1. The third kappa shape index (κ3) is 4.09. The van der Waals surface area contributed by atoms with Crippen molar-refractivity contribution in [3.8, 4) is 11.3 Å². The van der Waals surface area contributed by atoms with Crippen LogP contribution in [-0.4, -0.2) is 30.9 Å². The number of amides is 1. The highest BCUT2D eigenvalue weighted by atomic mass is 19.4. The maximum Gasteiger partial charge on any atom is 0.433 e. The number of rotatable bonds is 3. The second-order valence-electron chi connectivity index (χ2n) is 7.04. The van der Waals surface area contributed by atoms with Gasteiger partial charge in [0, 0.05) is 29.9 Å². The number of aromatic nitrogens is 5. The van der Waals surface area contributed by atoms with Gasteiger partial charge in [0.15, 0.2) is 0 Å². The average Bonchev–Trinajstić information content (AvgIpc) is 3.11. The zero-order valence-corrected chi connectivity index (χ0v) is 16.9. The Balaban J connectivity index is 1.86. The molecule has 34 heavy (non-hydrogen) atoms. The fraction of sp³-hybridized carbons (Fsp3) is 0.150. The number of aromatic amines is 1. The van der Waals surface area contributed by atoms with Gasteiger partial charge in [-0.2, -0.15) is 36.5 Å². The van der Waals surface area contributed by atoms with Crippen LogP contribution in [-0.2, 0) is 19.4 Å². The van der Waals surface area contributed by atoms with Gasteiger partial charge in [-0.3, -0.25) is 19.3 Å². The summed E-state index contributed by atoms with van der Waals surface area (Å²) in [6.45, 7) is 0. The Kier molecular flexibility index (Phi) is 5.38. The van der Waals surface area contributed by atoms with Crippen LogP contribution in [0.1, 0.15) is 21.7 Å². The van der Waals surface area contributed by atoms with Crippen molar-refractivity contribution in [2.45, 2.75) is 12.4 Å². The van der Waals surface area contributed by atoms with Gasteiger partial charge < -0.3 is 5.32 Å². The Morgan fingerprint density at radius 1 is 1.06 bits per heavy atom. The van der Waals surface area contributed by atoms with Crippen LogP contribution in [0.4, 0.5) is 32.0 Å². The monoisotopic (exact) mass is 482 g/mol. The second kappa shape index (κ2) is 7.97. The average molecular weight is 482 g/mol. The number of aryl methyl sites for hydroxylation is 1. The molecule has 0 aliphatic heterocycles. The topological polar surface area (TPSA) is 106 Å². The van der Waals surface area contributed by atoms with Crippen molar-refractivity contribution in [1.29, 1.82) is 0 Å². The van der Waals surface area contributed by atoms with Crippen molar-refractivity contribution < 1.29 is 31.1 Å². The molecule has 0 saturated heterocycles. The van der Waals surface area contributed by atoms with Gasteiger partial charge >= 0.3 is 12.4 Å². The summed E-state index contributed by atoms with van der Waals surface area (Å²) in [6.07, 6.45) is -7.99. The van der Waals surface area contributed by atoms with Crippen LogP contribution in [0.15, 0.2) is 47.5 Å². The third-order valence-electron chi connectivity index (χ3n) is 4.82. The summed E-state index contributed by atoms with van der Waals surface area (Å²) in [5.74, 6) is -1.34. The molecule has 8 nitrogen and oxygen atoms in total. The standard InChI is InChI=1S/C20H12F6N6O2/c1-32-16(18(34)29-9-5-6-27-13(7-9)19(21,22)23)14(20(24,25)26)15(31-32)10-3-2-4-11-12(10)8-28-30-17(11)33/h2-8H,1H3,(H,30,33)(H,27,29,34). The lowest BCUT2D eigenvalue weighted by atomic mass is 10.00. The number of hydrogen-bond acceptors (Lipinski definition) is 5. The number of hydrogen-bond donors (Lipinski definition) is 2. The summed E-state index contributed by atoms with van der Waals surface area (Å²) in [7, 11) is 1.08. The van der Waals surface area contributed by atoms with Gasteiger partial charge in [0.05, 0.1) is 11.6 Å². The van der Waals surface area contributed by atoms with E-state index in [4.69, 9.17) is 0 Å². The van der Waals surface area contributed by atoms with E-state index >= 15 is 0 Å². The first kappa shape index (κ1) is 22.9. The molecule has 0 aliphatic carbocycles. The lowest BCUT2D eigenvalue weighted by Gasteiger charge is -2.12. The lowest BCUT2D eigenvalue weighted by Crippen LogP contribution is -2.21. The zero-order chi connectivity index (χ0) is 24.8. The molecule has 1 amide bonds. The van der Waals surface area contributed by atoms with Gasteiger partial charge in [-0.05, 0) is 18.2 Å². The van der Waals surface area contributed by atoms with E-state index in [1.807, 2.05) is 5.32 Å². The molecule has 0 atom stereocenters. The van der Waals surface area contributed by atoms with Gasteiger partial charge in [-0.15, -0.1) is 0 Å². The number of nitrogens with zero attached hydrogens (tertiary/aromatic N) is 4. The fourth-order valence-corrected chi connectivity index (χ4v) is 3.42. The summed E-state index contributed by atoms with van der Waals surface area (Å²) in [6, 6.07) is 5.49. The van der Waals surface area contributed by atoms with Gasteiger partial charge in [0.1, 0.15) is 22.6 Å². The molecule has 3 heterocycles. The molecule has 4 aromatic rings. The van der Waals surface area contributed by atoms with Gasteiger partial charge in [0.2, 0.25) is 0 Å². The molecular formula is C20H12F6N6O2. The first-order valence-corrected chi connectivity index (χ1v) is 9.33. The molecule has 2 N–H and O–H groups in total. The molecule has 176 valence electrons.